The first-order chi connectivity index (χ1) is 9.06. The maximum atomic E-state index is 12.1. The predicted molar refractivity (Wildman–Crippen MR) is 71.7 cm³/mol. The summed E-state index contributed by atoms with van der Waals surface area (Å²) in [6.45, 7) is 0.553. The predicted octanol–water partition coefficient (Wildman–Crippen LogP) is 0.700. The van der Waals surface area contributed by atoms with E-state index in [0.717, 1.165) is 43.6 Å². The van der Waals surface area contributed by atoms with Crippen LogP contribution < -0.4 is 0 Å². The van der Waals surface area contributed by atoms with Crippen LogP contribution in [0.3, 0.4) is 0 Å². The van der Waals surface area contributed by atoms with Crippen molar-refractivity contribution in [3.05, 3.63) is 17.7 Å². The minimum absolute atomic E-state index is 0.285. The fourth-order valence-corrected chi connectivity index (χ4v) is 4.98. The number of aryl methyl sites for hydroxylation is 1. The summed E-state index contributed by atoms with van der Waals surface area (Å²) >= 11 is 0. The first-order valence-corrected chi connectivity index (χ1v) is 8.71. The molecule has 6 heteroatoms. The second kappa shape index (κ2) is 4.90. The van der Waals surface area contributed by atoms with E-state index in [1.807, 2.05) is 10.8 Å². The zero-order valence-corrected chi connectivity index (χ0v) is 11.8. The monoisotopic (exact) mass is 284 g/mol. The molecule has 1 saturated heterocycles. The van der Waals surface area contributed by atoms with Crippen LogP contribution >= 0.6 is 0 Å². The molecule has 2 aliphatic rings. The number of aliphatic hydroxyl groups is 1. The molecule has 2 aliphatic heterocycles. The van der Waals surface area contributed by atoms with Crippen molar-refractivity contribution in [1.29, 1.82) is 0 Å². The average molecular weight is 284 g/mol. The number of sulfone groups is 1. The van der Waals surface area contributed by atoms with Crippen LogP contribution in [0.4, 0.5) is 0 Å². The summed E-state index contributed by atoms with van der Waals surface area (Å²) in [5.74, 6) is 1.14. The largest absolute Gasteiger partial charge is 0.391 e. The second-order valence-electron chi connectivity index (χ2n) is 5.66. The van der Waals surface area contributed by atoms with Crippen LogP contribution in [0, 0.1) is 0 Å². The van der Waals surface area contributed by atoms with Gasteiger partial charge in [0, 0.05) is 18.3 Å². The fraction of sp³-hybridized carbons (Fsp3) is 0.769. The molecule has 3 rings (SSSR count). The molecule has 0 spiro atoms. The quantitative estimate of drug-likeness (QED) is 0.867. The molecule has 0 radical (unpaired) electrons. The number of hydrogen-bond donors (Lipinski definition) is 1. The molecule has 1 N–H and O–H groups in total. The number of rotatable bonds is 2. The third kappa shape index (κ3) is 2.56. The Balaban J connectivity index is 1.82. The van der Waals surface area contributed by atoms with Crippen molar-refractivity contribution in [2.45, 2.75) is 56.4 Å². The van der Waals surface area contributed by atoms with Crippen LogP contribution in [0.1, 0.15) is 37.2 Å². The molecule has 0 saturated carbocycles. The number of imidazole rings is 1. The summed E-state index contributed by atoms with van der Waals surface area (Å²) < 4.78 is 26.1. The van der Waals surface area contributed by atoms with Crippen LogP contribution in [-0.4, -0.2) is 40.2 Å². The smallest absolute Gasteiger partial charge is 0.153 e. The minimum Gasteiger partial charge on any atom is -0.391 e. The highest BCUT2D eigenvalue weighted by atomic mass is 32.2. The van der Waals surface area contributed by atoms with E-state index in [9.17, 15) is 13.5 Å². The lowest BCUT2D eigenvalue weighted by atomic mass is 10.1. The lowest BCUT2D eigenvalue weighted by Gasteiger charge is -2.25. The van der Waals surface area contributed by atoms with E-state index in [-0.39, 0.29) is 11.4 Å². The number of hydrogen-bond acceptors (Lipinski definition) is 4. The van der Waals surface area contributed by atoms with Crippen LogP contribution in [0.25, 0.3) is 0 Å². The maximum Gasteiger partial charge on any atom is 0.153 e. The van der Waals surface area contributed by atoms with Crippen LogP contribution in [-0.2, 0) is 29.2 Å². The molecule has 2 atom stereocenters. The van der Waals surface area contributed by atoms with E-state index >= 15 is 0 Å². The zero-order chi connectivity index (χ0) is 13.5. The zero-order valence-electron chi connectivity index (χ0n) is 11.0. The van der Waals surface area contributed by atoms with Gasteiger partial charge in [-0.05, 0) is 25.7 Å². The summed E-state index contributed by atoms with van der Waals surface area (Å²) in [5, 5.41) is 9.46. The molecule has 1 aromatic heterocycles. The van der Waals surface area contributed by atoms with E-state index in [1.54, 1.807) is 0 Å². The third-order valence-corrected chi connectivity index (χ3v) is 6.55. The highest BCUT2D eigenvalue weighted by molar-refractivity contribution is 7.92. The molecule has 1 fully saturated rings. The highest BCUT2D eigenvalue weighted by Crippen LogP contribution is 2.24. The van der Waals surface area contributed by atoms with Crippen molar-refractivity contribution in [2.24, 2.45) is 0 Å². The molecule has 5 nitrogen and oxygen atoms in total. The molecule has 0 bridgehead atoms. The molecular formula is C13H20N2O3S. The van der Waals surface area contributed by atoms with Crippen molar-refractivity contribution in [2.75, 3.05) is 5.75 Å². The van der Waals surface area contributed by atoms with Gasteiger partial charge in [-0.1, -0.05) is 6.42 Å². The van der Waals surface area contributed by atoms with Crippen molar-refractivity contribution >= 4 is 9.84 Å². The summed E-state index contributed by atoms with van der Waals surface area (Å²) in [6, 6.07) is 0. The van der Waals surface area contributed by atoms with E-state index in [0.29, 0.717) is 18.7 Å². The molecule has 3 heterocycles. The number of aliphatic hydroxyl groups excluding tert-OH is 1. The Hall–Kier alpha value is -0.880. The average Bonchev–Trinajstić information content (AvgIpc) is 2.74. The van der Waals surface area contributed by atoms with Gasteiger partial charge in [-0.15, -0.1) is 0 Å². The van der Waals surface area contributed by atoms with E-state index in [2.05, 4.69) is 4.98 Å². The summed E-state index contributed by atoms with van der Waals surface area (Å²) in [6.07, 6.45) is 6.11. The van der Waals surface area contributed by atoms with Gasteiger partial charge in [-0.2, -0.15) is 0 Å². The Labute approximate surface area is 113 Å². The topological polar surface area (TPSA) is 72.2 Å². The van der Waals surface area contributed by atoms with Crippen molar-refractivity contribution < 1.29 is 13.5 Å². The summed E-state index contributed by atoms with van der Waals surface area (Å²) in [4.78, 5) is 4.38. The Morgan fingerprint density at radius 2 is 2.21 bits per heavy atom. The molecule has 1 aromatic rings. The van der Waals surface area contributed by atoms with Gasteiger partial charge in [0.1, 0.15) is 5.82 Å². The molecule has 0 aliphatic carbocycles. The van der Waals surface area contributed by atoms with Gasteiger partial charge < -0.3 is 9.67 Å². The van der Waals surface area contributed by atoms with Gasteiger partial charge in [0.05, 0.1) is 23.7 Å². The SMILES string of the molecule is O=S1(=O)CCCCC1Cc1ncc2n1CC(O)CC2. The minimum atomic E-state index is -2.96. The van der Waals surface area contributed by atoms with Crippen LogP contribution in [0.15, 0.2) is 6.20 Å². The standard InChI is InChI=1S/C13H20N2O3S/c16-11-5-4-10-8-14-13(15(10)9-11)7-12-3-1-2-6-19(12,17)18/h8,11-12,16H,1-7,9H2. The molecule has 0 aromatic carbocycles. The Kier molecular flexibility index (Phi) is 3.39. The Morgan fingerprint density at radius 3 is 3.00 bits per heavy atom. The van der Waals surface area contributed by atoms with Crippen molar-refractivity contribution in [3.63, 3.8) is 0 Å². The van der Waals surface area contributed by atoms with Gasteiger partial charge in [0.25, 0.3) is 0 Å². The molecule has 2 unspecified atom stereocenters. The first-order valence-electron chi connectivity index (χ1n) is 6.99. The third-order valence-electron chi connectivity index (χ3n) is 4.27. The number of nitrogens with zero attached hydrogens (tertiary/aromatic N) is 2. The molecular weight excluding hydrogens is 264 g/mol. The number of fused-ring (bicyclic) bond motifs is 1. The fourth-order valence-electron chi connectivity index (χ4n) is 3.11. The molecule has 106 valence electrons. The lowest BCUT2D eigenvalue weighted by Crippen LogP contribution is -2.32. The van der Waals surface area contributed by atoms with Crippen LogP contribution in [0.2, 0.25) is 0 Å². The van der Waals surface area contributed by atoms with Gasteiger partial charge in [0.2, 0.25) is 0 Å². The maximum absolute atomic E-state index is 12.1. The Morgan fingerprint density at radius 1 is 1.37 bits per heavy atom. The van der Waals surface area contributed by atoms with E-state index in [4.69, 9.17) is 0 Å². The van der Waals surface area contributed by atoms with Gasteiger partial charge in [-0.25, -0.2) is 13.4 Å². The highest BCUT2D eigenvalue weighted by Gasteiger charge is 2.31. The van der Waals surface area contributed by atoms with E-state index in [1.165, 1.54) is 0 Å². The second-order valence-corrected chi connectivity index (χ2v) is 8.06. The van der Waals surface area contributed by atoms with E-state index < -0.39 is 9.84 Å². The van der Waals surface area contributed by atoms with Gasteiger partial charge >= 0.3 is 0 Å². The Bertz CT molecular complexity index is 564. The van der Waals surface area contributed by atoms with Crippen molar-refractivity contribution in [3.8, 4) is 0 Å². The first kappa shape index (κ1) is 13.1. The number of aromatic nitrogens is 2. The van der Waals surface area contributed by atoms with Crippen molar-refractivity contribution in [1.82, 2.24) is 9.55 Å². The van der Waals surface area contributed by atoms with Gasteiger partial charge in [0.15, 0.2) is 9.84 Å². The molecule has 19 heavy (non-hydrogen) atoms. The molecule has 0 amide bonds. The summed E-state index contributed by atoms with van der Waals surface area (Å²) in [7, 11) is -2.96. The van der Waals surface area contributed by atoms with Crippen LogP contribution in [0.5, 0.6) is 0 Å². The van der Waals surface area contributed by atoms with Gasteiger partial charge in [-0.3, -0.25) is 0 Å². The summed E-state index contributed by atoms with van der Waals surface area (Å²) in [5.41, 5.74) is 1.12. The lowest BCUT2D eigenvalue weighted by molar-refractivity contribution is 0.130. The normalized spacial score (nSPS) is 29.9.